The molecule has 0 aromatic carbocycles. The molecule has 0 fully saturated rings. The molecule has 1 atom stereocenters. The highest BCUT2D eigenvalue weighted by molar-refractivity contribution is 6.31. The van der Waals surface area contributed by atoms with E-state index in [9.17, 15) is 0 Å². The number of nitrogens with two attached hydrogens (primary N) is 1. The molecule has 2 heterocycles. The molecule has 0 bridgehead atoms. The molecule has 0 aliphatic carbocycles. The van der Waals surface area contributed by atoms with Crippen LogP contribution in [0.4, 0.5) is 0 Å². The molecule has 0 saturated carbocycles. The lowest BCUT2D eigenvalue weighted by atomic mass is 10.0. The van der Waals surface area contributed by atoms with Crippen molar-refractivity contribution in [2.45, 2.75) is 38.8 Å². The van der Waals surface area contributed by atoms with Crippen molar-refractivity contribution in [3.05, 3.63) is 47.0 Å². The van der Waals surface area contributed by atoms with Crippen LogP contribution < -0.4 is 11.3 Å². The zero-order valence-electron chi connectivity index (χ0n) is 11.8. The van der Waals surface area contributed by atoms with Crippen LogP contribution in [-0.2, 0) is 6.42 Å². The fourth-order valence-corrected chi connectivity index (χ4v) is 2.51. The lowest BCUT2D eigenvalue weighted by Gasteiger charge is -2.20. The molecule has 0 radical (unpaired) electrons. The maximum absolute atomic E-state index is 6.26. The van der Waals surface area contributed by atoms with Crippen molar-refractivity contribution < 1.29 is 0 Å². The SMILES string of the molecule is CC(C)n1ncc(Cl)c1C(CCc1ccncc1)NN. The van der Waals surface area contributed by atoms with Gasteiger partial charge in [0.1, 0.15) is 0 Å². The van der Waals surface area contributed by atoms with Gasteiger partial charge in [-0.2, -0.15) is 5.10 Å². The van der Waals surface area contributed by atoms with Crippen LogP contribution in [0, 0.1) is 0 Å². The number of aryl methyl sites for hydroxylation is 1. The topological polar surface area (TPSA) is 68.8 Å². The Morgan fingerprint density at radius 3 is 2.65 bits per heavy atom. The minimum atomic E-state index is -0.0273. The van der Waals surface area contributed by atoms with Gasteiger partial charge >= 0.3 is 0 Å². The van der Waals surface area contributed by atoms with E-state index in [-0.39, 0.29) is 12.1 Å². The van der Waals surface area contributed by atoms with Gasteiger partial charge in [-0.25, -0.2) is 0 Å². The first kappa shape index (κ1) is 15.0. The summed E-state index contributed by atoms with van der Waals surface area (Å²) < 4.78 is 1.92. The Bertz CT molecular complexity index is 538. The van der Waals surface area contributed by atoms with Crippen LogP contribution in [0.15, 0.2) is 30.7 Å². The van der Waals surface area contributed by atoms with Crippen LogP contribution in [-0.4, -0.2) is 14.8 Å². The van der Waals surface area contributed by atoms with Crippen LogP contribution in [0.25, 0.3) is 0 Å². The minimum Gasteiger partial charge on any atom is -0.271 e. The van der Waals surface area contributed by atoms with Crippen molar-refractivity contribution in [3.8, 4) is 0 Å². The summed E-state index contributed by atoms with van der Waals surface area (Å²) in [6, 6.07) is 4.24. The second-order valence-electron chi connectivity index (χ2n) is 5.03. The minimum absolute atomic E-state index is 0.0273. The summed E-state index contributed by atoms with van der Waals surface area (Å²) in [7, 11) is 0. The Morgan fingerprint density at radius 2 is 2.05 bits per heavy atom. The molecule has 0 aliphatic heterocycles. The highest BCUT2D eigenvalue weighted by Crippen LogP contribution is 2.28. The number of rotatable bonds is 6. The quantitative estimate of drug-likeness (QED) is 0.634. The Kier molecular flexibility index (Phi) is 5.11. The first-order valence-corrected chi connectivity index (χ1v) is 7.09. The van der Waals surface area contributed by atoms with E-state index in [1.807, 2.05) is 16.8 Å². The van der Waals surface area contributed by atoms with Crippen molar-refractivity contribution >= 4 is 11.6 Å². The van der Waals surface area contributed by atoms with Gasteiger partial charge in [0.2, 0.25) is 0 Å². The summed E-state index contributed by atoms with van der Waals surface area (Å²) in [5.41, 5.74) is 5.02. The first-order chi connectivity index (χ1) is 9.63. The number of aromatic nitrogens is 3. The molecule has 20 heavy (non-hydrogen) atoms. The van der Waals surface area contributed by atoms with Gasteiger partial charge in [-0.3, -0.25) is 20.9 Å². The molecule has 2 rings (SSSR count). The molecule has 1 unspecified atom stereocenters. The number of hydrogen-bond acceptors (Lipinski definition) is 4. The van der Waals surface area contributed by atoms with Crippen molar-refractivity contribution in [1.29, 1.82) is 0 Å². The molecule has 0 aliphatic rings. The van der Waals surface area contributed by atoms with E-state index >= 15 is 0 Å². The van der Waals surface area contributed by atoms with Crippen LogP contribution >= 0.6 is 11.6 Å². The number of nitrogens with one attached hydrogen (secondary N) is 1. The van der Waals surface area contributed by atoms with Crippen LogP contribution in [0.1, 0.15) is 43.6 Å². The van der Waals surface area contributed by atoms with Crippen molar-refractivity contribution in [2.24, 2.45) is 5.84 Å². The van der Waals surface area contributed by atoms with Gasteiger partial charge in [0, 0.05) is 18.4 Å². The van der Waals surface area contributed by atoms with E-state index in [0.29, 0.717) is 5.02 Å². The van der Waals surface area contributed by atoms with E-state index in [1.165, 1.54) is 5.56 Å². The maximum Gasteiger partial charge on any atom is 0.0834 e. The third-order valence-electron chi connectivity index (χ3n) is 3.28. The number of nitrogens with zero attached hydrogens (tertiary/aromatic N) is 3. The van der Waals surface area contributed by atoms with Crippen molar-refractivity contribution in [3.63, 3.8) is 0 Å². The molecule has 108 valence electrons. The summed E-state index contributed by atoms with van der Waals surface area (Å²) in [6.45, 7) is 4.15. The van der Waals surface area contributed by atoms with Gasteiger partial charge in [0.25, 0.3) is 0 Å². The molecule has 2 aromatic heterocycles. The number of halogens is 1. The zero-order chi connectivity index (χ0) is 14.5. The highest BCUT2D eigenvalue weighted by Gasteiger charge is 2.20. The molecule has 6 heteroatoms. The average Bonchev–Trinajstić information content (AvgIpc) is 2.83. The van der Waals surface area contributed by atoms with Crippen LogP contribution in [0.3, 0.4) is 0 Å². The Balaban J connectivity index is 2.14. The summed E-state index contributed by atoms with van der Waals surface area (Å²) >= 11 is 6.26. The monoisotopic (exact) mass is 293 g/mol. The third-order valence-corrected chi connectivity index (χ3v) is 3.57. The number of pyridine rings is 1. The van der Waals surface area contributed by atoms with Crippen LogP contribution in [0.5, 0.6) is 0 Å². The molecule has 3 N–H and O–H groups in total. The van der Waals surface area contributed by atoms with Gasteiger partial charge in [0.15, 0.2) is 0 Å². The van der Waals surface area contributed by atoms with E-state index < -0.39 is 0 Å². The van der Waals surface area contributed by atoms with Gasteiger partial charge < -0.3 is 0 Å². The van der Waals surface area contributed by atoms with Crippen molar-refractivity contribution in [1.82, 2.24) is 20.2 Å². The molecule has 2 aromatic rings. The number of hydrazine groups is 1. The fourth-order valence-electron chi connectivity index (χ4n) is 2.25. The zero-order valence-corrected chi connectivity index (χ0v) is 12.5. The highest BCUT2D eigenvalue weighted by atomic mass is 35.5. The fraction of sp³-hybridized carbons (Fsp3) is 0.429. The first-order valence-electron chi connectivity index (χ1n) is 6.71. The molecular weight excluding hydrogens is 274 g/mol. The normalized spacial score (nSPS) is 12.8. The predicted octanol–water partition coefficient (Wildman–Crippen LogP) is 2.65. The average molecular weight is 294 g/mol. The van der Waals surface area contributed by atoms with Gasteiger partial charge in [-0.05, 0) is 44.4 Å². The van der Waals surface area contributed by atoms with E-state index in [0.717, 1.165) is 18.5 Å². The molecule has 5 nitrogen and oxygen atoms in total. The molecule has 0 saturated heterocycles. The van der Waals surface area contributed by atoms with Crippen molar-refractivity contribution in [2.75, 3.05) is 0 Å². The van der Waals surface area contributed by atoms with Gasteiger partial charge in [-0.15, -0.1) is 0 Å². The number of hydrogen-bond donors (Lipinski definition) is 2. The van der Waals surface area contributed by atoms with E-state index in [4.69, 9.17) is 17.4 Å². The standard InChI is InChI=1S/C14H20ClN5/c1-10(2)20-14(12(15)9-18-20)13(19-16)4-3-11-5-7-17-8-6-11/h5-10,13,19H,3-4,16H2,1-2H3. The molecule has 0 amide bonds. The lowest BCUT2D eigenvalue weighted by molar-refractivity contribution is 0.433. The van der Waals surface area contributed by atoms with E-state index in [1.54, 1.807) is 18.6 Å². The second-order valence-corrected chi connectivity index (χ2v) is 5.44. The summed E-state index contributed by atoms with van der Waals surface area (Å²) in [4.78, 5) is 4.02. The predicted molar refractivity (Wildman–Crippen MR) is 80.2 cm³/mol. The largest absolute Gasteiger partial charge is 0.271 e. The lowest BCUT2D eigenvalue weighted by Crippen LogP contribution is -2.31. The van der Waals surface area contributed by atoms with Crippen LogP contribution in [0.2, 0.25) is 5.02 Å². The Labute approximate surface area is 124 Å². The van der Waals surface area contributed by atoms with Gasteiger partial charge in [0.05, 0.1) is 23.0 Å². The Morgan fingerprint density at radius 1 is 1.35 bits per heavy atom. The van der Waals surface area contributed by atoms with Gasteiger partial charge in [-0.1, -0.05) is 11.6 Å². The third kappa shape index (κ3) is 3.36. The second kappa shape index (κ2) is 6.83. The van der Waals surface area contributed by atoms with E-state index in [2.05, 4.69) is 29.4 Å². The summed E-state index contributed by atoms with van der Waals surface area (Å²) in [5.74, 6) is 5.70. The Hall–Kier alpha value is -1.43. The smallest absolute Gasteiger partial charge is 0.0834 e. The molecular formula is C14H20ClN5. The maximum atomic E-state index is 6.26. The molecule has 0 spiro atoms. The summed E-state index contributed by atoms with van der Waals surface area (Å²) in [6.07, 6.45) is 7.01. The summed E-state index contributed by atoms with van der Waals surface area (Å²) in [5, 5.41) is 4.97.